The normalized spacial score (nSPS) is 11.7. The zero-order chi connectivity index (χ0) is 14.4. The molecule has 2 N–H and O–H groups in total. The third-order valence-electron chi connectivity index (χ3n) is 2.88. The van der Waals surface area contributed by atoms with Crippen LogP contribution in [0.1, 0.15) is 18.0 Å². The maximum Gasteiger partial charge on any atom is 0.307 e. The Hall–Kier alpha value is -2.33. The average Bonchev–Trinajstić information content (AvgIpc) is 2.48. The molecule has 0 unspecified atom stereocenters. The fourth-order valence-electron chi connectivity index (χ4n) is 1.81. The van der Waals surface area contributed by atoms with Crippen molar-refractivity contribution < 1.29 is 14.3 Å². The summed E-state index contributed by atoms with van der Waals surface area (Å²) in [4.78, 5) is 11.2. The van der Waals surface area contributed by atoms with E-state index in [9.17, 15) is 4.79 Å². The third kappa shape index (κ3) is 3.83. The van der Waals surface area contributed by atoms with E-state index in [4.69, 9.17) is 10.5 Å². The Morgan fingerprint density at radius 1 is 1.10 bits per heavy atom. The monoisotopic (exact) mass is 271 g/mol. The van der Waals surface area contributed by atoms with Crippen LogP contribution in [0.25, 0.3) is 0 Å². The molecule has 0 bridgehead atoms. The summed E-state index contributed by atoms with van der Waals surface area (Å²) >= 11 is 0. The van der Waals surface area contributed by atoms with Crippen LogP contribution in [0.4, 0.5) is 0 Å². The molecule has 0 amide bonds. The lowest BCUT2D eigenvalue weighted by molar-refractivity contribution is -0.141. The number of carbonyl (C=O) groups is 1. The molecule has 0 fully saturated rings. The summed E-state index contributed by atoms with van der Waals surface area (Å²) in [5, 5.41) is 0. The fourth-order valence-corrected chi connectivity index (χ4v) is 1.81. The summed E-state index contributed by atoms with van der Waals surface area (Å²) in [5.74, 6) is 1.12. The van der Waals surface area contributed by atoms with Gasteiger partial charge in [0.25, 0.3) is 0 Å². The fraction of sp³-hybridized carbons (Fsp3) is 0.188. The van der Waals surface area contributed by atoms with Crippen LogP contribution in [-0.2, 0) is 9.53 Å². The minimum atomic E-state index is -0.401. The molecule has 0 spiro atoms. The van der Waals surface area contributed by atoms with Crippen LogP contribution < -0.4 is 10.5 Å². The standard InChI is InChI=1S/C16H17NO3/c1-19-16(18)11-15(17)12-6-5-9-14(10-12)20-13-7-3-2-4-8-13/h2-10,15H,11,17H2,1H3/t15-/m0/s1. The van der Waals surface area contributed by atoms with Crippen LogP contribution in [-0.4, -0.2) is 13.1 Å². The van der Waals surface area contributed by atoms with E-state index in [2.05, 4.69) is 4.74 Å². The summed E-state index contributed by atoms with van der Waals surface area (Å²) in [6, 6.07) is 16.5. The third-order valence-corrected chi connectivity index (χ3v) is 2.88. The van der Waals surface area contributed by atoms with E-state index in [-0.39, 0.29) is 12.4 Å². The zero-order valence-electron chi connectivity index (χ0n) is 11.3. The van der Waals surface area contributed by atoms with Gasteiger partial charge < -0.3 is 15.2 Å². The molecule has 0 aliphatic rings. The second kappa shape index (κ2) is 6.73. The molecule has 0 heterocycles. The molecule has 0 saturated carbocycles. The lowest BCUT2D eigenvalue weighted by atomic mass is 10.0. The van der Waals surface area contributed by atoms with E-state index in [1.165, 1.54) is 7.11 Å². The molecule has 0 radical (unpaired) electrons. The first kappa shape index (κ1) is 14.1. The first-order chi connectivity index (χ1) is 9.69. The van der Waals surface area contributed by atoms with Crippen molar-refractivity contribution in [2.45, 2.75) is 12.5 Å². The van der Waals surface area contributed by atoms with Gasteiger partial charge in [-0.25, -0.2) is 0 Å². The van der Waals surface area contributed by atoms with E-state index >= 15 is 0 Å². The number of benzene rings is 2. The largest absolute Gasteiger partial charge is 0.469 e. The van der Waals surface area contributed by atoms with Gasteiger partial charge in [-0.05, 0) is 29.8 Å². The van der Waals surface area contributed by atoms with Gasteiger partial charge in [-0.15, -0.1) is 0 Å². The lowest BCUT2D eigenvalue weighted by Crippen LogP contribution is -2.16. The van der Waals surface area contributed by atoms with Gasteiger partial charge in [0, 0.05) is 6.04 Å². The number of ether oxygens (including phenoxy) is 2. The molecule has 20 heavy (non-hydrogen) atoms. The van der Waals surface area contributed by atoms with Crippen LogP contribution in [0.15, 0.2) is 54.6 Å². The Bertz CT molecular complexity index is 569. The Labute approximate surface area is 118 Å². The molecule has 4 nitrogen and oxygen atoms in total. The highest BCUT2D eigenvalue weighted by Gasteiger charge is 2.12. The van der Waals surface area contributed by atoms with Gasteiger partial charge in [0.15, 0.2) is 0 Å². The molecule has 2 rings (SSSR count). The first-order valence-electron chi connectivity index (χ1n) is 6.34. The number of hydrogen-bond donors (Lipinski definition) is 1. The van der Waals surface area contributed by atoms with Crippen molar-refractivity contribution in [3.63, 3.8) is 0 Å². The van der Waals surface area contributed by atoms with Crippen LogP contribution in [0.2, 0.25) is 0 Å². The second-order valence-electron chi connectivity index (χ2n) is 4.37. The molecule has 2 aromatic rings. The van der Waals surface area contributed by atoms with E-state index in [0.717, 1.165) is 11.3 Å². The number of esters is 1. The van der Waals surface area contributed by atoms with Crippen molar-refractivity contribution in [2.24, 2.45) is 5.73 Å². The predicted molar refractivity (Wildman–Crippen MR) is 76.5 cm³/mol. The van der Waals surface area contributed by atoms with Gasteiger partial charge in [-0.1, -0.05) is 30.3 Å². The van der Waals surface area contributed by atoms with Crippen molar-refractivity contribution in [3.05, 3.63) is 60.2 Å². The van der Waals surface area contributed by atoms with Gasteiger partial charge in [-0.2, -0.15) is 0 Å². The lowest BCUT2D eigenvalue weighted by Gasteiger charge is -2.12. The number of nitrogens with two attached hydrogens (primary N) is 1. The highest BCUT2D eigenvalue weighted by atomic mass is 16.5. The first-order valence-corrected chi connectivity index (χ1v) is 6.34. The Kier molecular flexibility index (Phi) is 4.74. The molecule has 0 aromatic heterocycles. The van der Waals surface area contributed by atoms with Crippen molar-refractivity contribution in [1.29, 1.82) is 0 Å². The van der Waals surface area contributed by atoms with Gasteiger partial charge in [0.1, 0.15) is 11.5 Å². The minimum absolute atomic E-state index is 0.144. The SMILES string of the molecule is COC(=O)C[C@H](N)c1cccc(Oc2ccccc2)c1. The number of hydrogen-bond acceptors (Lipinski definition) is 4. The minimum Gasteiger partial charge on any atom is -0.469 e. The summed E-state index contributed by atoms with van der Waals surface area (Å²) < 4.78 is 10.3. The smallest absolute Gasteiger partial charge is 0.307 e. The highest BCUT2D eigenvalue weighted by Crippen LogP contribution is 2.24. The van der Waals surface area contributed by atoms with Gasteiger partial charge >= 0.3 is 5.97 Å². The van der Waals surface area contributed by atoms with Crippen molar-refractivity contribution >= 4 is 5.97 Å². The summed E-state index contributed by atoms with van der Waals surface area (Å²) in [5.41, 5.74) is 6.81. The van der Waals surface area contributed by atoms with E-state index in [1.54, 1.807) is 0 Å². The van der Waals surface area contributed by atoms with Crippen LogP contribution in [0.3, 0.4) is 0 Å². The van der Waals surface area contributed by atoms with Crippen LogP contribution >= 0.6 is 0 Å². The average molecular weight is 271 g/mol. The van der Waals surface area contributed by atoms with Gasteiger partial charge in [-0.3, -0.25) is 4.79 Å². The summed E-state index contributed by atoms with van der Waals surface area (Å²) in [7, 11) is 1.35. The van der Waals surface area contributed by atoms with Crippen molar-refractivity contribution in [2.75, 3.05) is 7.11 Å². The Balaban J connectivity index is 2.09. The van der Waals surface area contributed by atoms with Crippen molar-refractivity contribution in [1.82, 2.24) is 0 Å². The molecular formula is C16H17NO3. The molecule has 104 valence electrons. The maximum atomic E-state index is 11.2. The van der Waals surface area contributed by atoms with Crippen molar-refractivity contribution in [3.8, 4) is 11.5 Å². The molecule has 0 aliphatic carbocycles. The predicted octanol–water partition coefficient (Wildman–Crippen LogP) is 3.04. The molecule has 1 atom stereocenters. The van der Waals surface area contributed by atoms with E-state index < -0.39 is 6.04 Å². The number of rotatable bonds is 5. The quantitative estimate of drug-likeness (QED) is 0.849. The highest BCUT2D eigenvalue weighted by molar-refractivity contribution is 5.70. The molecular weight excluding hydrogens is 254 g/mol. The van der Waals surface area contributed by atoms with Crippen LogP contribution in [0.5, 0.6) is 11.5 Å². The zero-order valence-corrected chi connectivity index (χ0v) is 11.3. The summed E-state index contributed by atoms with van der Waals surface area (Å²) in [6.07, 6.45) is 0.144. The molecule has 4 heteroatoms. The number of methoxy groups -OCH3 is 1. The number of para-hydroxylation sites is 1. The Morgan fingerprint density at radius 3 is 2.50 bits per heavy atom. The van der Waals surface area contributed by atoms with E-state index in [1.807, 2.05) is 54.6 Å². The van der Waals surface area contributed by atoms with Gasteiger partial charge in [0.05, 0.1) is 13.5 Å². The molecule has 0 saturated heterocycles. The second-order valence-corrected chi connectivity index (χ2v) is 4.37. The summed E-state index contributed by atoms with van der Waals surface area (Å²) in [6.45, 7) is 0. The van der Waals surface area contributed by atoms with E-state index in [0.29, 0.717) is 5.75 Å². The van der Waals surface area contributed by atoms with Gasteiger partial charge in [0.2, 0.25) is 0 Å². The Morgan fingerprint density at radius 2 is 1.80 bits per heavy atom. The maximum absolute atomic E-state index is 11.2. The number of carbonyl (C=O) groups excluding carboxylic acids is 1. The van der Waals surface area contributed by atoms with Crippen LogP contribution in [0, 0.1) is 0 Å². The molecule has 2 aromatic carbocycles. The molecule has 0 aliphatic heterocycles. The topological polar surface area (TPSA) is 61.5 Å².